The molecule has 1 saturated heterocycles. The van der Waals surface area contributed by atoms with E-state index in [2.05, 4.69) is 10.3 Å². The fourth-order valence-corrected chi connectivity index (χ4v) is 2.99. The van der Waals surface area contributed by atoms with Crippen molar-refractivity contribution in [3.63, 3.8) is 0 Å². The Bertz CT molecular complexity index is 667. The number of amides is 1. The van der Waals surface area contributed by atoms with Crippen molar-refractivity contribution in [2.45, 2.75) is 52.1 Å². The lowest BCUT2D eigenvalue weighted by Gasteiger charge is -2.12. The molecule has 0 bridgehead atoms. The first-order valence-electron chi connectivity index (χ1n) is 8.03. The van der Waals surface area contributed by atoms with Gasteiger partial charge in [-0.1, -0.05) is 0 Å². The molecular weight excluding hydrogens is 294 g/mol. The van der Waals surface area contributed by atoms with Gasteiger partial charge in [0.1, 0.15) is 11.6 Å². The van der Waals surface area contributed by atoms with Crippen molar-refractivity contribution < 1.29 is 9.53 Å². The first kappa shape index (κ1) is 17.2. The average Bonchev–Trinajstić information content (AvgIpc) is 3.00. The second-order valence-electron chi connectivity index (χ2n) is 5.94. The molecule has 2 rings (SSSR count). The Morgan fingerprint density at radius 3 is 2.91 bits per heavy atom. The number of carbonyl (C=O) groups excluding carboxylic acids is 1. The van der Waals surface area contributed by atoms with Crippen LogP contribution in [-0.2, 0) is 16.0 Å². The van der Waals surface area contributed by atoms with Crippen LogP contribution in [0.25, 0.3) is 0 Å². The zero-order chi connectivity index (χ0) is 16.8. The van der Waals surface area contributed by atoms with E-state index in [0.717, 1.165) is 37.1 Å². The third kappa shape index (κ3) is 4.42. The number of nitrogens with one attached hydrogen (secondary N) is 2. The highest BCUT2D eigenvalue weighted by Gasteiger charge is 2.16. The molecule has 1 amide bonds. The van der Waals surface area contributed by atoms with Crippen molar-refractivity contribution in [1.82, 2.24) is 10.3 Å². The van der Waals surface area contributed by atoms with Gasteiger partial charge in [-0.2, -0.15) is 5.26 Å². The van der Waals surface area contributed by atoms with E-state index in [4.69, 9.17) is 10.00 Å². The zero-order valence-electron chi connectivity index (χ0n) is 13.7. The van der Waals surface area contributed by atoms with Gasteiger partial charge in [0, 0.05) is 25.3 Å². The van der Waals surface area contributed by atoms with Crippen LogP contribution in [0.4, 0.5) is 0 Å². The minimum absolute atomic E-state index is 0.0218. The monoisotopic (exact) mass is 317 g/mol. The van der Waals surface area contributed by atoms with Crippen LogP contribution in [0, 0.1) is 25.2 Å². The van der Waals surface area contributed by atoms with E-state index in [1.807, 2.05) is 6.07 Å². The van der Waals surface area contributed by atoms with Crippen LogP contribution in [0.5, 0.6) is 0 Å². The molecule has 1 aromatic heterocycles. The number of aromatic amines is 1. The summed E-state index contributed by atoms with van der Waals surface area (Å²) in [5.41, 5.74) is 2.02. The van der Waals surface area contributed by atoms with E-state index in [1.165, 1.54) is 0 Å². The second-order valence-corrected chi connectivity index (χ2v) is 5.94. The van der Waals surface area contributed by atoms with Gasteiger partial charge in [-0.25, -0.2) is 0 Å². The first-order valence-corrected chi connectivity index (χ1v) is 8.03. The van der Waals surface area contributed by atoms with Crippen LogP contribution >= 0.6 is 0 Å². The predicted molar refractivity (Wildman–Crippen MR) is 86.2 cm³/mol. The molecule has 2 heterocycles. The molecule has 0 aromatic carbocycles. The molecule has 2 N–H and O–H groups in total. The number of H-pyrrole nitrogens is 1. The van der Waals surface area contributed by atoms with Gasteiger partial charge < -0.3 is 15.0 Å². The Kier molecular flexibility index (Phi) is 5.94. The zero-order valence-corrected chi connectivity index (χ0v) is 13.7. The van der Waals surface area contributed by atoms with Crippen molar-refractivity contribution in [1.29, 1.82) is 5.26 Å². The molecule has 6 nitrogen and oxygen atoms in total. The smallest absolute Gasteiger partial charge is 0.266 e. The third-order valence-corrected chi connectivity index (χ3v) is 4.33. The highest BCUT2D eigenvalue weighted by atomic mass is 16.5. The molecule has 124 valence electrons. The number of aromatic nitrogens is 1. The minimum atomic E-state index is -0.368. The lowest BCUT2D eigenvalue weighted by atomic mass is 9.99. The van der Waals surface area contributed by atoms with Gasteiger partial charge >= 0.3 is 0 Å². The number of ether oxygens (including phenoxy) is 1. The fraction of sp³-hybridized carbons (Fsp3) is 0.588. The number of pyridine rings is 1. The number of hydrogen-bond acceptors (Lipinski definition) is 4. The van der Waals surface area contributed by atoms with Gasteiger partial charge in [0.2, 0.25) is 5.91 Å². The van der Waals surface area contributed by atoms with E-state index in [-0.39, 0.29) is 23.1 Å². The molecule has 6 heteroatoms. The van der Waals surface area contributed by atoms with Gasteiger partial charge in [-0.05, 0) is 50.7 Å². The summed E-state index contributed by atoms with van der Waals surface area (Å²) in [6.07, 6.45) is 4.14. The van der Waals surface area contributed by atoms with Crippen LogP contribution in [0.3, 0.4) is 0 Å². The van der Waals surface area contributed by atoms with E-state index in [0.29, 0.717) is 24.9 Å². The molecule has 0 unspecified atom stereocenters. The van der Waals surface area contributed by atoms with Crippen LogP contribution < -0.4 is 10.9 Å². The van der Waals surface area contributed by atoms with Gasteiger partial charge in [0.15, 0.2) is 0 Å². The van der Waals surface area contributed by atoms with Crippen molar-refractivity contribution in [3.05, 3.63) is 32.7 Å². The van der Waals surface area contributed by atoms with Crippen molar-refractivity contribution >= 4 is 5.91 Å². The lowest BCUT2D eigenvalue weighted by Crippen LogP contribution is -2.27. The molecule has 0 spiro atoms. The highest BCUT2D eigenvalue weighted by Crippen LogP contribution is 2.16. The normalized spacial score (nSPS) is 17.0. The topological polar surface area (TPSA) is 95.0 Å². The van der Waals surface area contributed by atoms with Gasteiger partial charge in [0.05, 0.1) is 6.10 Å². The van der Waals surface area contributed by atoms with Crippen molar-refractivity contribution in [3.8, 4) is 6.07 Å². The minimum Gasteiger partial charge on any atom is -0.378 e. The summed E-state index contributed by atoms with van der Waals surface area (Å²) in [5.74, 6) is -0.0218. The molecule has 1 atom stereocenters. The number of rotatable bonds is 6. The summed E-state index contributed by atoms with van der Waals surface area (Å²) in [7, 11) is 0. The summed E-state index contributed by atoms with van der Waals surface area (Å²) in [6.45, 7) is 4.99. The standard InChI is InChI=1S/C17H23N3O3/c1-11-14(12(2)20-17(22)15(11)10-18)5-6-16(21)19-8-7-13-4-3-9-23-13/h13H,3-9H2,1-2H3,(H,19,21)(H,20,22)/t13-/m1/s1. The van der Waals surface area contributed by atoms with Gasteiger partial charge in [-0.15, -0.1) is 0 Å². The van der Waals surface area contributed by atoms with Crippen LogP contribution in [0.1, 0.15) is 48.1 Å². The molecule has 23 heavy (non-hydrogen) atoms. The largest absolute Gasteiger partial charge is 0.378 e. The van der Waals surface area contributed by atoms with Crippen LogP contribution in [0.15, 0.2) is 4.79 Å². The van der Waals surface area contributed by atoms with Crippen LogP contribution in [0.2, 0.25) is 0 Å². The fourth-order valence-electron chi connectivity index (χ4n) is 2.99. The molecule has 0 radical (unpaired) electrons. The van der Waals surface area contributed by atoms with E-state index < -0.39 is 0 Å². The lowest BCUT2D eigenvalue weighted by molar-refractivity contribution is -0.121. The number of nitriles is 1. The number of carbonyl (C=O) groups is 1. The molecule has 1 aliphatic rings. The van der Waals surface area contributed by atoms with E-state index >= 15 is 0 Å². The molecule has 1 fully saturated rings. The van der Waals surface area contributed by atoms with E-state index in [9.17, 15) is 9.59 Å². The number of hydrogen-bond donors (Lipinski definition) is 2. The Balaban J connectivity index is 1.86. The van der Waals surface area contributed by atoms with Gasteiger partial charge in [-0.3, -0.25) is 9.59 Å². The maximum atomic E-state index is 11.9. The highest BCUT2D eigenvalue weighted by molar-refractivity contribution is 5.76. The number of aryl methyl sites for hydroxylation is 1. The van der Waals surface area contributed by atoms with Crippen LogP contribution in [-0.4, -0.2) is 30.1 Å². The van der Waals surface area contributed by atoms with Gasteiger partial charge in [0.25, 0.3) is 5.56 Å². The average molecular weight is 317 g/mol. The Hall–Kier alpha value is -2.13. The summed E-state index contributed by atoms with van der Waals surface area (Å²) >= 11 is 0. The second kappa shape index (κ2) is 7.93. The molecule has 0 saturated carbocycles. The third-order valence-electron chi connectivity index (χ3n) is 4.33. The Morgan fingerprint density at radius 1 is 1.48 bits per heavy atom. The maximum absolute atomic E-state index is 11.9. The van der Waals surface area contributed by atoms with Crippen molar-refractivity contribution in [2.24, 2.45) is 0 Å². The molecule has 1 aliphatic heterocycles. The maximum Gasteiger partial charge on any atom is 0.266 e. The van der Waals surface area contributed by atoms with E-state index in [1.54, 1.807) is 13.8 Å². The summed E-state index contributed by atoms with van der Waals surface area (Å²) < 4.78 is 5.52. The molecular formula is C17H23N3O3. The molecule has 0 aliphatic carbocycles. The quantitative estimate of drug-likeness (QED) is 0.831. The SMILES string of the molecule is Cc1[nH]c(=O)c(C#N)c(C)c1CCC(=O)NCC[C@H]1CCCO1. The summed E-state index contributed by atoms with van der Waals surface area (Å²) in [6, 6.07) is 1.93. The number of nitrogens with zero attached hydrogens (tertiary/aromatic N) is 1. The Morgan fingerprint density at radius 2 is 2.26 bits per heavy atom. The Labute approximate surface area is 135 Å². The molecule has 1 aromatic rings. The summed E-state index contributed by atoms with van der Waals surface area (Å²) in [4.78, 5) is 26.3. The first-order chi connectivity index (χ1) is 11.0. The predicted octanol–water partition coefficient (Wildman–Crippen LogP) is 1.48. The van der Waals surface area contributed by atoms with Crippen molar-refractivity contribution in [2.75, 3.05) is 13.2 Å². The summed E-state index contributed by atoms with van der Waals surface area (Å²) in [5, 5.41) is 12.0.